The average Bonchev–Trinajstić information content (AvgIpc) is 2.90. The molecular weight excluding hydrogens is 296 g/mol. The van der Waals surface area contributed by atoms with Crippen LogP contribution in [0.5, 0.6) is 0 Å². The van der Waals surface area contributed by atoms with Crippen molar-refractivity contribution >= 4 is 17.7 Å². The van der Waals surface area contributed by atoms with Crippen LogP contribution in [0.15, 0.2) is 36.9 Å². The van der Waals surface area contributed by atoms with E-state index in [0.29, 0.717) is 5.25 Å². The molecule has 1 amide bonds. The summed E-state index contributed by atoms with van der Waals surface area (Å²) in [7, 11) is 0. The van der Waals surface area contributed by atoms with Gasteiger partial charge in [0.2, 0.25) is 5.91 Å². The lowest BCUT2D eigenvalue weighted by Crippen LogP contribution is -2.35. The molecule has 0 N–H and O–H groups in total. The van der Waals surface area contributed by atoms with E-state index in [9.17, 15) is 4.79 Å². The standard InChI is InChI=1S/C16H20N4OS/c1-13-4-2-3-5-14(13)15-6-7-19(8-9-22-15)16(21)10-20-12-17-11-18-20/h2-5,11-12,15H,6-10H2,1H3. The van der Waals surface area contributed by atoms with Gasteiger partial charge in [-0.3, -0.25) is 4.79 Å². The molecular formula is C16H20N4OS. The van der Waals surface area contributed by atoms with E-state index in [1.807, 2.05) is 16.7 Å². The number of hydrogen-bond donors (Lipinski definition) is 0. The summed E-state index contributed by atoms with van der Waals surface area (Å²) in [6.07, 6.45) is 4.04. The van der Waals surface area contributed by atoms with Crippen LogP contribution in [0.4, 0.5) is 0 Å². The van der Waals surface area contributed by atoms with Gasteiger partial charge in [0, 0.05) is 24.1 Å². The minimum absolute atomic E-state index is 0.122. The number of hydrogen-bond acceptors (Lipinski definition) is 4. The molecule has 116 valence electrons. The van der Waals surface area contributed by atoms with Crippen molar-refractivity contribution in [3.8, 4) is 0 Å². The van der Waals surface area contributed by atoms with Gasteiger partial charge >= 0.3 is 0 Å². The topological polar surface area (TPSA) is 51.0 Å². The van der Waals surface area contributed by atoms with Crippen molar-refractivity contribution in [1.29, 1.82) is 0 Å². The molecule has 0 radical (unpaired) electrons. The number of aromatic nitrogens is 3. The van der Waals surface area contributed by atoms with Crippen molar-refractivity contribution in [2.45, 2.75) is 25.1 Å². The Bertz CT molecular complexity index is 629. The molecule has 0 bridgehead atoms. The molecule has 1 aromatic carbocycles. The van der Waals surface area contributed by atoms with Crippen LogP contribution in [-0.4, -0.2) is 44.4 Å². The molecule has 2 heterocycles. The second kappa shape index (κ2) is 6.96. The maximum Gasteiger partial charge on any atom is 0.244 e. The van der Waals surface area contributed by atoms with Gasteiger partial charge in [-0.15, -0.1) is 0 Å². The Morgan fingerprint density at radius 1 is 1.36 bits per heavy atom. The fourth-order valence-electron chi connectivity index (χ4n) is 2.77. The molecule has 1 atom stereocenters. The lowest BCUT2D eigenvalue weighted by Gasteiger charge is -2.20. The molecule has 2 aromatic rings. The molecule has 6 heteroatoms. The molecule has 0 saturated carbocycles. The van der Waals surface area contributed by atoms with Gasteiger partial charge in [-0.05, 0) is 24.5 Å². The van der Waals surface area contributed by atoms with Crippen LogP contribution in [0.25, 0.3) is 0 Å². The Kier molecular flexibility index (Phi) is 4.77. The quantitative estimate of drug-likeness (QED) is 0.872. The SMILES string of the molecule is Cc1ccccc1C1CCN(C(=O)Cn2cncn2)CCS1. The number of nitrogens with zero attached hydrogens (tertiary/aromatic N) is 4. The zero-order valence-corrected chi connectivity index (χ0v) is 13.5. The molecule has 1 unspecified atom stereocenters. The van der Waals surface area contributed by atoms with Crippen LogP contribution in [0, 0.1) is 6.92 Å². The van der Waals surface area contributed by atoms with Gasteiger partial charge in [0.1, 0.15) is 19.2 Å². The zero-order valence-electron chi connectivity index (χ0n) is 12.7. The van der Waals surface area contributed by atoms with Gasteiger partial charge in [0.25, 0.3) is 0 Å². The maximum atomic E-state index is 12.4. The van der Waals surface area contributed by atoms with Crippen molar-refractivity contribution in [3.05, 3.63) is 48.0 Å². The first-order valence-corrected chi connectivity index (χ1v) is 8.56. The number of rotatable bonds is 3. The number of amides is 1. The monoisotopic (exact) mass is 316 g/mol. The van der Waals surface area contributed by atoms with Crippen molar-refractivity contribution in [3.63, 3.8) is 0 Å². The first-order valence-electron chi connectivity index (χ1n) is 7.51. The van der Waals surface area contributed by atoms with Gasteiger partial charge in [-0.2, -0.15) is 16.9 Å². The molecule has 0 aliphatic carbocycles. The van der Waals surface area contributed by atoms with Crippen molar-refractivity contribution < 1.29 is 4.79 Å². The predicted molar refractivity (Wildman–Crippen MR) is 87.6 cm³/mol. The normalized spacial score (nSPS) is 19.0. The van der Waals surface area contributed by atoms with E-state index in [2.05, 4.69) is 41.3 Å². The minimum Gasteiger partial charge on any atom is -0.340 e. The summed E-state index contributed by atoms with van der Waals surface area (Å²) < 4.78 is 1.58. The second-order valence-electron chi connectivity index (χ2n) is 5.48. The van der Waals surface area contributed by atoms with Crippen LogP contribution >= 0.6 is 11.8 Å². The summed E-state index contributed by atoms with van der Waals surface area (Å²) in [5.74, 6) is 1.10. The summed E-state index contributed by atoms with van der Waals surface area (Å²) in [4.78, 5) is 18.2. The van der Waals surface area contributed by atoms with E-state index in [0.717, 1.165) is 25.3 Å². The highest BCUT2D eigenvalue weighted by atomic mass is 32.2. The largest absolute Gasteiger partial charge is 0.340 e. The number of carbonyl (C=O) groups is 1. The highest BCUT2D eigenvalue weighted by molar-refractivity contribution is 7.99. The fraction of sp³-hybridized carbons (Fsp3) is 0.438. The summed E-state index contributed by atoms with van der Waals surface area (Å²) >= 11 is 1.95. The molecule has 1 aromatic heterocycles. The first kappa shape index (κ1) is 15.1. The third-order valence-electron chi connectivity index (χ3n) is 3.99. The van der Waals surface area contributed by atoms with Gasteiger partial charge in [0.15, 0.2) is 0 Å². The molecule has 0 spiro atoms. The summed E-state index contributed by atoms with van der Waals surface area (Å²) in [6.45, 7) is 4.05. The van der Waals surface area contributed by atoms with Gasteiger partial charge in [0.05, 0.1) is 0 Å². The zero-order chi connectivity index (χ0) is 15.4. The van der Waals surface area contributed by atoms with E-state index in [4.69, 9.17) is 0 Å². The summed E-state index contributed by atoms with van der Waals surface area (Å²) in [5, 5.41) is 4.48. The molecule has 5 nitrogen and oxygen atoms in total. The minimum atomic E-state index is 0.122. The van der Waals surface area contributed by atoms with E-state index in [1.54, 1.807) is 11.0 Å². The first-order chi connectivity index (χ1) is 10.7. The number of carbonyl (C=O) groups excluding carboxylic acids is 1. The van der Waals surface area contributed by atoms with Gasteiger partial charge in [-0.25, -0.2) is 9.67 Å². The highest BCUT2D eigenvalue weighted by Crippen LogP contribution is 2.35. The third kappa shape index (κ3) is 3.50. The number of benzene rings is 1. The molecule has 1 aliphatic rings. The van der Waals surface area contributed by atoms with Crippen molar-refractivity contribution in [2.75, 3.05) is 18.8 Å². The summed E-state index contributed by atoms with van der Waals surface area (Å²) in [5.41, 5.74) is 2.74. The molecule has 1 saturated heterocycles. The van der Waals surface area contributed by atoms with E-state index in [-0.39, 0.29) is 12.5 Å². The van der Waals surface area contributed by atoms with Gasteiger partial charge < -0.3 is 4.90 Å². The maximum absolute atomic E-state index is 12.4. The lowest BCUT2D eigenvalue weighted by molar-refractivity contribution is -0.131. The van der Waals surface area contributed by atoms with Crippen LogP contribution in [0.2, 0.25) is 0 Å². The smallest absolute Gasteiger partial charge is 0.244 e. The summed E-state index contributed by atoms with van der Waals surface area (Å²) in [6, 6.07) is 8.55. The molecule has 1 aliphatic heterocycles. The van der Waals surface area contributed by atoms with Crippen molar-refractivity contribution in [2.24, 2.45) is 0 Å². The van der Waals surface area contributed by atoms with Crippen LogP contribution in [0.3, 0.4) is 0 Å². The van der Waals surface area contributed by atoms with E-state index in [1.165, 1.54) is 17.5 Å². The number of aryl methyl sites for hydroxylation is 1. The van der Waals surface area contributed by atoms with E-state index < -0.39 is 0 Å². The Labute approximate surface area is 134 Å². The van der Waals surface area contributed by atoms with Crippen LogP contribution in [0.1, 0.15) is 22.8 Å². The van der Waals surface area contributed by atoms with Crippen LogP contribution < -0.4 is 0 Å². The van der Waals surface area contributed by atoms with Crippen LogP contribution in [-0.2, 0) is 11.3 Å². The van der Waals surface area contributed by atoms with E-state index >= 15 is 0 Å². The Hall–Kier alpha value is -1.82. The molecule has 1 fully saturated rings. The Morgan fingerprint density at radius 2 is 2.23 bits per heavy atom. The average molecular weight is 316 g/mol. The lowest BCUT2D eigenvalue weighted by atomic mass is 10.0. The van der Waals surface area contributed by atoms with Gasteiger partial charge in [-0.1, -0.05) is 24.3 Å². The van der Waals surface area contributed by atoms with Crippen molar-refractivity contribution in [1.82, 2.24) is 19.7 Å². The fourth-order valence-corrected chi connectivity index (χ4v) is 4.10. The molecule has 22 heavy (non-hydrogen) atoms. The Balaban J connectivity index is 1.62. The molecule has 3 rings (SSSR count). The highest BCUT2D eigenvalue weighted by Gasteiger charge is 2.23. The Morgan fingerprint density at radius 3 is 3.00 bits per heavy atom. The second-order valence-corrected chi connectivity index (χ2v) is 6.79. The number of thioether (sulfide) groups is 1. The predicted octanol–water partition coefficient (Wildman–Crippen LogP) is 2.29. The third-order valence-corrected chi connectivity index (χ3v) is 5.30.